The van der Waals surface area contributed by atoms with Gasteiger partial charge in [0.2, 0.25) is 0 Å². The van der Waals surface area contributed by atoms with E-state index in [0.29, 0.717) is 11.7 Å². The van der Waals surface area contributed by atoms with Crippen LogP contribution in [0.4, 0.5) is 5.13 Å². The minimum absolute atomic E-state index is 0.521. The van der Waals surface area contributed by atoms with E-state index in [1.165, 1.54) is 29.7 Å². The first kappa shape index (κ1) is 13.8. The third kappa shape index (κ3) is 4.22. The Kier molecular flexibility index (Phi) is 5.18. The lowest BCUT2D eigenvalue weighted by molar-refractivity contribution is 0.309. The van der Waals surface area contributed by atoms with Crippen LogP contribution in [0.2, 0.25) is 0 Å². The molecule has 0 fully saturated rings. The van der Waals surface area contributed by atoms with Gasteiger partial charge in [-0.15, -0.1) is 0 Å². The molecular weight excluding hydrogens is 258 g/mol. The standard InChI is InChI=1S/C14H19N3OS/c1-2-3-4-11-5-7-12(8-6-11)18-10-13-9-16-14(17-15)19-13/h5-9H,2-4,10,15H2,1H3,(H,16,17). The van der Waals surface area contributed by atoms with Crippen LogP contribution in [0.1, 0.15) is 30.2 Å². The Balaban J connectivity index is 1.85. The number of hydrogen-bond donors (Lipinski definition) is 2. The van der Waals surface area contributed by atoms with Gasteiger partial charge in [-0.1, -0.05) is 36.8 Å². The van der Waals surface area contributed by atoms with Crippen molar-refractivity contribution in [2.45, 2.75) is 32.8 Å². The number of ether oxygens (including phenoxy) is 1. The number of thiazole rings is 1. The van der Waals surface area contributed by atoms with Crippen molar-refractivity contribution in [3.05, 3.63) is 40.9 Å². The van der Waals surface area contributed by atoms with E-state index in [1.54, 1.807) is 6.20 Å². The summed E-state index contributed by atoms with van der Waals surface area (Å²) in [4.78, 5) is 5.14. The van der Waals surface area contributed by atoms with Crippen molar-refractivity contribution in [1.82, 2.24) is 4.98 Å². The fourth-order valence-electron chi connectivity index (χ4n) is 1.73. The topological polar surface area (TPSA) is 60.2 Å². The lowest BCUT2D eigenvalue weighted by Gasteiger charge is -2.05. The highest BCUT2D eigenvalue weighted by atomic mass is 32.1. The summed E-state index contributed by atoms with van der Waals surface area (Å²) in [5, 5.41) is 0.702. The number of nitrogens with zero attached hydrogens (tertiary/aromatic N) is 1. The fraction of sp³-hybridized carbons (Fsp3) is 0.357. The average molecular weight is 277 g/mol. The summed E-state index contributed by atoms with van der Waals surface area (Å²) < 4.78 is 5.71. The van der Waals surface area contributed by atoms with Crippen LogP contribution in [-0.4, -0.2) is 4.98 Å². The van der Waals surface area contributed by atoms with Gasteiger partial charge < -0.3 is 4.74 Å². The molecule has 0 aliphatic rings. The number of nitrogen functional groups attached to an aromatic ring is 1. The predicted molar refractivity (Wildman–Crippen MR) is 79.3 cm³/mol. The van der Waals surface area contributed by atoms with Gasteiger partial charge in [-0.05, 0) is 30.5 Å². The zero-order valence-corrected chi connectivity index (χ0v) is 11.9. The van der Waals surface area contributed by atoms with Gasteiger partial charge in [-0.3, -0.25) is 5.43 Å². The molecule has 3 N–H and O–H groups in total. The Morgan fingerprint density at radius 1 is 1.32 bits per heavy atom. The summed E-state index contributed by atoms with van der Waals surface area (Å²) in [5.41, 5.74) is 3.89. The van der Waals surface area contributed by atoms with E-state index in [1.807, 2.05) is 12.1 Å². The van der Waals surface area contributed by atoms with Gasteiger partial charge in [0.1, 0.15) is 12.4 Å². The highest BCUT2D eigenvalue weighted by Gasteiger charge is 2.02. The molecule has 2 aromatic rings. The van der Waals surface area contributed by atoms with Crippen LogP contribution in [0.5, 0.6) is 5.75 Å². The minimum atomic E-state index is 0.521. The number of nitrogens with one attached hydrogen (secondary N) is 1. The number of aryl methyl sites for hydroxylation is 1. The number of aromatic nitrogens is 1. The Morgan fingerprint density at radius 2 is 2.11 bits per heavy atom. The average Bonchev–Trinajstić information content (AvgIpc) is 2.92. The third-order valence-electron chi connectivity index (χ3n) is 2.80. The smallest absolute Gasteiger partial charge is 0.197 e. The highest BCUT2D eigenvalue weighted by molar-refractivity contribution is 7.15. The molecule has 1 aromatic carbocycles. The summed E-state index contributed by atoms with van der Waals surface area (Å²) in [6.07, 6.45) is 5.36. The highest BCUT2D eigenvalue weighted by Crippen LogP contribution is 2.20. The van der Waals surface area contributed by atoms with Gasteiger partial charge in [-0.25, -0.2) is 10.8 Å². The summed E-state index contributed by atoms with van der Waals surface area (Å²) in [5.74, 6) is 6.17. The number of unbranched alkanes of at least 4 members (excludes halogenated alkanes) is 1. The van der Waals surface area contributed by atoms with E-state index in [9.17, 15) is 0 Å². The Morgan fingerprint density at radius 3 is 2.74 bits per heavy atom. The van der Waals surface area contributed by atoms with Gasteiger partial charge in [0.05, 0.1) is 4.88 Å². The molecule has 19 heavy (non-hydrogen) atoms. The molecule has 4 nitrogen and oxygen atoms in total. The number of hydrogen-bond acceptors (Lipinski definition) is 5. The first-order valence-corrected chi connectivity index (χ1v) is 7.26. The van der Waals surface area contributed by atoms with Crippen molar-refractivity contribution in [3.63, 3.8) is 0 Å². The largest absolute Gasteiger partial charge is 0.488 e. The minimum Gasteiger partial charge on any atom is -0.488 e. The van der Waals surface area contributed by atoms with Crippen molar-refractivity contribution in [2.24, 2.45) is 5.84 Å². The first-order valence-electron chi connectivity index (χ1n) is 6.45. The van der Waals surface area contributed by atoms with Crippen molar-refractivity contribution >= 4 is 16.5 Å². The quantitative estimate of drug-likeness (QED) is 0.602. The van der Waals surface area contributed by atoms with E-state index < -0.39 is 0 Å². The molecule has 0 spiro atoms. The Bertz CT molecular complexity index is 496. The number of nitrogens with two attached hydrogens (primary N) is 1. The summed E-state index contributed by atoms with van der Waals surface area (Å²) in [6.45, 7) is 2.73. The molecular formula is C14H19N3OS. The molecule has 1 aromatic heterocycles. The number of anilines is 1. The van der Waals surface area contributed by atoms with Crippen LogP contribution >= 0.6 is 11.3 Å². The SMILES string of the molecule is CCCCc1ccc(OCc2cnc(NN)s2)cc1. The molecule has 0 radical (unpaired) electrons. The van der Waals surface area contributed by atoms with Crippen LogP contribution in [0, 0.1) is 0 Å². The van der Waals surface area contributed by atoms with Gasteiger partial charge >= 0.3 is 0 Å². The second-order valence-corrected chi connectivity index (χ2v) is 5.43. The maximum absolute atomic E-state index is 5.71. The first-order chi connectivity index (χ1) is 9.31. The molecule has 0 saturated carbocycles. The number of rotatable bonds is 7. The monoisotopic (exact) mass is 277 g/mol. The third-order valence-corrected chi connectivity index (χ3v) is 3.70. The molecule has 0 atom stereocenters. The number of hydrazine groups is 1. The molecule has 1 heterocycles. The van der Waals surface area contributed by atoms with Crippen LogP contribution < -0.4 is 16.0 Å². The summed E-state index contributed by atoms with van der Waals surface area (Å²) in [6, 6.07) is 8.30. The van der Waals surface area contributed by atoms with Crippen molar-refractivity contribution < 1.29 is 4.74 Å². The maximum atomic E-state index is 5.71. The van der Waals surface area contributed by atoms with E-state index in [2.05, 4.69) is 29.5 Å². The molecule has 0 aliphatic heterocycles. The van der Waals surface area contributed by atoms with E-state index in [0.717, 1.165) is 17.0 Å². The fourth-order valence-corrected chi connectivity index (χ4v) is 2.36. The predicted octanol–water partition coefficient (Wildman–Crippen LogP) is 3.35. The molecule has 0 saturated heterocycles. The molecule has 0 amide bonds. The van der Waals surface area contributed by atoms with Crippen molar-refractivity contribution in [3.8, 4) is 5.75 Å². The zero-order chi connectivity index (χ0) is 13.5. The molecule has 0 aliphatic carbocycles. The van der Waals surface area contributed by atoms with Gasteiger partial charge in [-0.2, -0.15) is 0 Å². The van der Waals surface area contributed by atoms with Crippen LogP contribution in [0.25, 0.3) is 0 Å². The van der Waals surface area contributed by atoms with E-state index in [-0.39, 0.29) is 0 Å². The van der Waals surface area contributed by atoms with E-state index in [4.69, 9.17) is 10.6 Å². The molecule has 0 bridgehead atoms. The second kappa shape index (κ2) is 7.11. The van der Waals surface area contributed by atoms with Crippen molar-refractivity contribution in [1.29, 1.82) is 0 Å². The Labute approximate surface area is 117 Å². The molecule has 5 heteroatoms. The molecule has 2 rings (SSSR count). The van der Waals surface area contributed by atoms with Crippen LogP contribution in [0.15, 0.2) is 30.5 Å². The lowest BCUT2D eigenvalue weighted by Crippen LogP contribution is -2.05. The number of benzene rings is 1. The van der Waals surface area contributed by atoms with Gasteiger partial charge in [0.15, 0.2) is 5.13 Å². The Hall–Kier alpha value is -1.59. The summed E-state index contributed by atoms with van der Waals surface area (Å²) >= 11 is 1.49. The van der Waals surface area contributed by atoms with Gasteiger partial charge in [0.25, 0.3) is 0 Å². The van der Waals surface area contributed by atoms with Gasteiger partial charge in [0, 0.05) is 6.20 Å². The van der Waals surface area contributed by atoms with E-state index >= 15 is 0 Å². The summed E-state index contributed by atoms with van der Waals surface area (Å²) in [7, 11) is 0. The maximum Gasteiger partial charge on any atom is 0.197 e. The molecule has 0 unspecified atom stereocenters. The zero-order valence-electron chi connectivity index (χ0n) is 11.1. The van der Waals surface area contributed by atoms with Crippen molar-refractivity contribution in [2.75, 3.05) is 5.43 Å². The normalized spacial score (nSPS) is 10.4. The van der Waals surface area contributed by atoms with Crippen LogP contribution in [0.3, 0.4) is 0 Å². The second-order valence-electron chi connectivity index (χ2n) is 4.31. The molecule has 102 valence electrons. The van der Waals surface area contributed by atoms with Crippen LogP contribution in [-0.2, 0) is 13.0 Å². The lowest BCUT2D eigenvalue weighted by atomic mass is 10.1.